The van der Waals surface area contributed by atoms with Gasteiger partial charge in [-0.1, -0.05) is 6.07 Å². The summed E-state index contributed by atoms with van der Waals surface area (Å²) in [5.74, 6) is -1.12. The molecule has 1 saturated heterocycles. The molecule has 7 nitrogen and oxygen atoms in total. The second kappa shape index (κ2) is 6.25. The van der Waals surface area contributed by atoms with E-state index in [0.717, 1.165) is 10.6 Å². The summed E-state index contributed by atoms with van der Waals surface area (Å²) < 4.78 is 4.96. The SMILES string of the molecule is CN(C)c1cccc(C(=O)OCC(=O)N2CCNC2=O)c1. The van der Waals surface area contributed by atoms with Crippen LogP contribution in [0.1, 0.15) is 10.4 Å². The van der Waals surface area contributed by atoms with Gasteiger partial charge in [0, 0.05) is 32.9 Å². The number of imide groups is 1. The molecule has 1 aromatic rings. The summed E-state index contributed by atoms with van der Waals surface area (Å²) in [6.07, 6.45) is 0. The summed E-state index contributed by atoms with van der Waals surface area (Å²) in [5, 5.41) is 2.51. The van der Waals surface area contributed by atoms with Crippen molar-refractivity contribution in [2.45, 2.75) is 0 Å². The first-order valence-electron chi connectivity index (χ1n) is 6.52. The molecule has 0 aromatic heterocycles. The Kier molecular flexibility index (Phi) is 4.42. The second-order valence-corrected chi connectivity index (χ2v) is 4.80. The Bertz CT molecular complexity index is 571. The molecule has 0 bridgehead atoms. The second-order valence-electron chi connectivity index (χ2n) is 4.80. The van der Waals surface area contributed by atoms with Crippen LogP contribution in [0, 0.1) is 0 Å². The molecule has 3 amide bonds. The van der Waals surface area contributed by atoms with E-state index in [0.29, 0.717) is 18.7 Å². The van der Waals surface area contributed by atoms with Gasteiger partial charge in [0.25, 0.3) is 5.91 Å². The highest BCUT2D eigenvalue weighted by molar-refractivity contribution is 5.98. The van der Waals surface area contributed by atoms with Crippen LogP contribution >= 0.6 is 0 Å². The Labute approximate surface area is 122 Å². The molecule has 1 N–H and O–H groups in total. The first kappa shape index (κ1) is 14.8. The van der Waals surface area contributed by atoms with Crippen LogP contribution in [-0.4, -0.2) is 56.6 Å². The minimum absolute atomic E-state index is 0.297. The number of carbonyl (C=O) groups excluding carboxylic acids is 3. The Morgan fingerprint density at radius 1 is 1.38 bits per heavy atom. The van der Waals surface area contributed by atoms with Gasteiger partial charge in [0.15, 0.2) is 6.61 Å². The Morgan fingerprint density at radius 3 is 2.76 bits per heavy atom. The minimum Gasteiger partial charge on any atom is -0.452 e. The van der Waals surface area contributed by atoms with Crippen molar-refractivity contribution in [1.82, 2.24) is 10.2 Å². The van der Waals surface area contributed by atoms with Gasteiger partial charge in [-0.25, -0.2) is 9.59 Å². The summed E-state index contributed by atoms with van der Waals surface area (Å²) >= 11 is 0. The Morgan fingerprint density at radius 2 is 2.14 bits per heavy atom. The quantitative estimate of drug-likeness (QED) is 0.815. The predicted molar refractivity (Wildman–Crippen MR) is 76.2 cm³/mol. The van der Waals surface area contributed by atoms with Crippen molar-refractivity contribution in [2.24, 2.45) is 0 Å². The number of hydrogen-bond donors (Lipinski definition) is 1. The summed E-state index contributed by atoms with van der Waals surface area (Å²) in [7, 11) is 3.72. The minimum atomic E-state index is -0.591. The van der Waals surface area contributed by atoms with Crippen molar-refractivity contribution in [3.05, 3.63) is 29.8 Å². The van der Waals surface area contributed by atoms with E-state index in [9.17, 15) is 14.4 Å². The molecule has 0 unspecified atom stereocenters. The van der Waals surface area contributed by atoms with Gasteiger partial charge >= 0.3 is 12.0 Å². The molecule has 2 rings (SSSR count). The summed E-state index contributed by atoms with van der Waals surface area (Å²) in [4.78, 5) is 37.8. The molecule has 1 heterocycles. The lowest BCUT2D eigenvalue weighted by atomic mass is 10.2. The van der Waals surface area contributed by atoms with E-state index in [2.05, 4.69) is 5.32 Å². The number of amides is 3. The van der Waals surface area contributed by atoms with Crippen LogP contribution in [0.3, 0.4) is 0 Å². The molecule has 0 spiro atoms. The van der Waals surface area contributed by atoms with Crippen molar-refractivity contribution >= 4 is 23.6 Å². The van der Waals surface area contributed by atoms with Crippen molar-refractivity contribution in [2.75, 3.05) is 38.7 Å². The van der Waals surface area contributed by atoms with E-state index in [1.54, 1.807) is 18.2 Å². The maximum Gasteiger partial charge on any atom is 0.338 e. The average molecular weight is 291 g/mol. The number of nitrogens with one attached hydrogen (secondary N) is 1. The fraction of sp³-hybridized carbons (Fsp3) is 0.357. The first-order chi connectivity index (χ1) is 9.99. The normalized spacial score (nSPS) is 13.8. The Balaban J connectivity index is 1.94. The van der Waals surface area contributed by atoms with E-state index in [-0.39, 0.29) is 0 Å². The summed E-state index contributed by atoms with van der Waals surface area (Å²) in [6, 6.07) is 6.43. The van der Waals surface area contributed by atoms with Crippen molar-refractivity contribution in [3.8, 4) is 0 Å². The number of rotatable bonds is 4. The molecule has 1 aliphatic heterocycles. The van der Waals surface area contributed by atoms with E-state index in [1.165, 1.54) is 0 Å². The zero-order valence-electron chi connectivity index (χ0n) is 12.0. The van der Waals surface area contributed by atoms with Crippen LogP contribution in [0.4, 0.5) is 10.5 Å². The smallest absolute Gasteiger partial charge is 0.338 e. The number of urea groups is 1. The number of anilines is 1. The highest BCUT2D eigenvalue weighted by atomic mass is 16.5. The third-order valence-corrected chi connectivity index (χ3v) is 3.08. The standard InChI is InChI=1S/C14H17N3O4/c1-16(2)11-5-3-4-10(8-11)13(19)21-9-12(18)17-7-6-15-14(17)20/h3-5,8H,6-7,9H2,1-2H3,(H,15,20). The van der Waals surface area contributed by atoms with E-state index in [4.69, 9.17) is 4.74 Å². The van der Waals surface area contributed by atoms with Gasteiger partial charge in [-0.15, -0.1) is 0 Å². The number of nitrogens with zero attached hydrogens (tertiary/aromatic N) is 2. The van der Waals surface area contributed by atoms with Crippen molar-refractivity contribution in [1.29, 1.82) is 0 Å². The zero-order valence-corrected chi connectivity index (χ0v) is 12.0. The fourth-order valence-electron chi connectivity index (χ4n) is 1.91. The van der Waals surface area contributed by atoms with Crippen LogP contribution in [0.2, 0.25) is 0 Å². The fourth-order valence-corrected chi connectivity index (χ4v) is 1.91. The average Bonchev–Trinajstić information content (AvgIpc) is 2.90. The third-order valence-electron chi connectivity index (χ3n) is 3.08. The van der Waals surface area contributed by atoms with Gasteiger partial charge in [0.1, 0.15) is 0 Å². The molecule has 0 radical (unpaired) electrons. The molecule has 1 aromatic carbocycles. The highest BCUT2D eigenvalue weighted by Crippen LogP contribution is 2.14. The lowest BCUT2D eigenvalue weighted by molar-refractivity contribution is -0.130. The first-order valence-corrected chi connectivity index (χ1v) is 6.52. The molecule has 1 fully saturated rings. The lowest BCUT2D eigenvalue weighted by Gasteiger charge is -2.14. The summed E-state index contributed by atoms with van der Waals surface area (Å²) in [5.41, 5.74) is 1.22. The van der Waals surface area contributed by atoms with E-state index >= 15 is 0 Å². The number of carbonyl (C=O) groups is 3. The van der Waals surface area contributed by atoms with Gasteiger partial charge in [-0.05, 0) is 18.2 Å². The molecular formula is C14H17N3O4. The molecule has 7 heteroatoms. The van der Waals surface area contributed by atoms with Crippen LogP contribution < -0.4 is 10.2 Å². The molecular weight excluding hydrogens is 274 g/mol. The maximum absolute atomic E-state index is 11.9. The van der Waals surface area contributed by atoms with E-state index < -0.39 is 24.5 Å². The van der Waals surface area contributed by atoms with E-state index in [1.807, 2.05) is 25.1 Å². The largest absolute Gasteiger partial charge is 0.452 e. The topological polar surface area (TPSA) is 79.0 Å². The van der Waals surface area contributed by atoms with Gasteiger partial charge in [0.05, 0.1) is 5.56 Å². The number of hydrogen-bond acceptors (Lipinski definition) is 5. The van der Waals surface area contributed by atoms with Gasteiger partial charge in [-0.3, -0.25) is 9.69 Å². The number of benzene rings is 1. The predicted octanol–water partition coefficient (Wildman–Crippen LogP) is 0.461. The summed E-state index contributed by atoms with van der Waals surface area (Å²) in [6.45, 7) is 0.271. The molecule has 0 aliphatic carbocycles. The molecule has 1 aliphatic rings. The van der Waals surface area contributed by atoms with Gasteiger partial charge in [0.2, 0.25) is 0 Å². The highest BCUT2D eigenvalue weighted by Gasteiger charge is 2.26. The Hall–Kier alpha value is -2.57. The van der Waals surface area contributed by atoms with Crippen LogP contribution in [0.15, 0.2) is 24.3 Å². The van der Waals surface area contributed by atoms with Crippen molar-refractivity contribution < 1.29 is 19.1 Å². The van der Waals surface area contributed by atoms with Crippen LogP contribution in [0.5, 0.6) is 0 Å². The monoisotopic (exact) mass is 291 g/mol. The van der Waals surface area contributed by atoms with Gasteiger partial charge < -0.3 is 15.0 Å². The molecule has 0 atom stereocenters. The number of ether oxygens (including phenoxy) is 1. The maximum atomic E-state index is 11.9. The molecule has 21 heavy (non-hydrogen) atoms. The third kappa shape index (κ3) is 3.50. The van der Waals surface area contributed by atoms with Gasteiger partial charge in [-0.2, -0.15) is 0 Å². The molecule has 0 saturated carbocycles. The zero-order chi connectivity index (χ0) is 15.4. The van der Waals surface area contributed by atoms with Crippen molar-refractivity contribution in [3.63, 3.8) is 0 Å². The number of esters is 1. The van der Waals surface area contributed by atoms with Crippen LogP contribution in [0.25, 0.3) is 0 Å². The van der Waals surface area contributed by atoms with Crippen LogP contribution in [-0.2, 0) is 9.53 Å². The molecule has 112 valence electrons. The lowest BCUT2D eigenvalue weighted by Crippen LogP contribution is -2.37.